The number of carbonyl (C=O) groups is 1. The van der Waals surface area contributed by atoms with Crippen LogP contribution in [-0.4, -0.2) is 43.4 Å². The minimum atomic E-state index is -0.618. The summed E-state index contributed by atoms with van der Waals surface area (Å²) in [7, 11) is 0. The van der Waals surface area contributed by atoms with E-state index in [1.807, 2.05) is 48.7 Å². The van der Waals surface area contributed by atoms with Crippen molar-refractivity contribution >= 4 is 27.8 Å². The fourth-order valence-corrected chi connectivity index (χ4v) is 4.71. The number of para-hydroxylation sites is 2. The maximum absolute atomic E-state index is 13.3. The Bertz CT molecular complexity index is 1620. The highest BCUT2D eigenvalue weighted by atomic mass is 16.5. The van der Waals surface area contributed by atoms with Crippen molar-refractivity contribution < 1.29 is 13.9 Å². The first-order valence-electron chi connectivity index (χ1n) is 11.8. The molecular weight excluding hydrogens is 458 g/mol. The fraction of sp³-hybridized carbons (Fsp3) is 0.222. The molecular formula is C27H23N5O4. The lowest BCUT2D eigenvalue weighted by atomic mass is 10.1. The normalized spacial score (nSPS) is 15.6. The molecule has 9 nitrogen and oxygen atoms in total. The summed E-state index contributed by atoms with van der Waals surface area (Å²) >= 11 is 0. The molecule has 1 fully saturated rings. The summed E-state index contributed by atoms with van der Waals surface area (Å²) in [5, 5.41) is 10.2. The smallest absolute Gasteiger partial charge is 0.349 e. The van der Waals surface area contributed by atoms with E-state index in [2.05, 4.69) is 15.3 Å². The van der Waals surface area contributed by atoms with Gasteiger partial charge in [-0.15, -0.1) is 5.10 Å². The Balaban J connectivity index is 1.15. The predicted molar refractivity (Wildman–Crippen MR) is 133 cm³/mol. The van der Waals surface area contributed by atoms with E-state index in [0.717, 1.165) is 29.1 Å². The van der Waals surface area contributed by atoms with Crippen LogP contribution in [0, 0.1) is 0 Å². The summed E-state index contributed by atoms with van der Waals surface area (Å²) in [6.45, 7) is 1.31. The first-order chi connectivity index (χ1) is 17.7. The van der Waals surface area contributed by atoms with Gasteiger partial charge in [-0.05, 0) is 37.1 Å². The summed E-state index contributed by atoms with van der Waals surface area (Å²) in [4.78, 5) is 31.9. The lowest BCUT2D eigenvalue weighted by molar-refractivity contribution is 0.0717. The van der Waals surface area contributed by atoms with Crippen molar-refractivity contribution in [3.63, 3.8) is 0 Å². The number of aromatic nitrogens is 4. The number of benzene rings is 2. The van der Waals surface area contributed by atoms with Crippen LogP contribution in [0.4, 0.5) is 0 Å². The number of ether oxygens (including phenoxy) is 1. The molecule has 0 unspecified atom stereocenters. The van der Waals surface area contributed by atoms with E-state index in [0.29, 0.717) is 30.1 Å². The van der Waals surface area contributed by atoms with Crippen molar-refractivity contribution in [1.82, 2.24) is 24.9 Å². The summed E-state index contributed by atoms with van der Waals surface area (Å²) in [6, 6.07) is 18.4. The van der Waals surface area contributed by atoms with Crippen LogP contribution in [0.5, 0.6) is 5.75 Å². The molecule has 0 bridgehead atoms. The summed E-state index contributed by atoms with van der Waals surface area (Å²) < 4.78 is 13.1. The number of nitrogens with zero attached hydrogens (tertiary/aromatic N) is 5. The number of amides is 1. The van der Waals surface area contributed by atoms with Crippen molar-refractivity contribution in [2.75, 3.05) is 6.54 Å². The Hall–Kier alpha value is -4.53. The van der Waals surface area contributed by atoms with Crippen LogP contribution in [0.3, 0.4) is 0 Å². The first kappa shape index (κ1) is 22.0. The number of hydrogen-bond acceptors (Lipinski definition) is 7. The zero-order valence-corrected chi connectivity index (χ0v) is 19.4. The van der Waals surface area contributed by atoms with Crippen molar-refractivity contribution in [3.05, 3.63) is 94.7 Å². The number of pyridine rings is 1. The molecule has 1 amide bonds. The molecule has 3 aromatic heterocycles. The van der Waals surface area contributed by atoms with Gasteiger partial charge in [0.2, 0.25) is 0 Å². The second-order valence-electron chi connectivity index (χ2n) is 8.83. The molecule has 0 N–H and O–H groups in total. The quantitative estimate of drug-likeness (QED) is 0.340. The molecule has 0 saturated carbocycles. The molecule has 9 heteroatoms. The van der Waals surface area contributed by atoms with Gasteiger partial charge in [0.1, 0.15) is 34.7 Å². The van der Waals surface area contributed by atoms with E-state index >= 15 is 0 Å². The third-order valence-corrected chi connectivity index (χ3v) is 6.46. The molecule has 1 atom stereocenters. The van der Waals surface area contributed by atoms with Crippen LogP contribution in [0.1, 0.15) is 28.9 Å². The highest BCUT2D eigenvalue weighted by Gasteiger charge is 2.32. The molecule has 1 aliphatic heterocycles. The van der Waals surface area contributed by atoms with Gasteiger partial charge in [-0.25, -0.2) is 4.79 Å². The topological polar surface area (TPSA) is 103 Å². The Kier molecular flexibility index (Phi) is 5.65. The molecule has 180 valence electrons. The Morgan fingerprint density at radius 3 is 2.89 bits per heavy atom. The van der Waals surface area contributed by atoms with Crippen molar-refractivity contribution in [1.29, 1.82) is 0 Å². The lowest BCUT2D eigenvalue weighted by Crippen LogP contribution is -2.40. The van der Waals surface area contributed by atoms with Gasteiger partial charge in [0.25, 0.3) is 5.91 Å². The highest BCUT2D eigenvalue weighted by Crippen LogP contribution is 2.24. The zero-order valence-electron chi connectivity index (χ0n) is 19.4. The van der Waals surface area contributed by atoms with Crippen LogP contribution in [0.15, 0.2) is 82.3 Å². The van der Waals surface area contributed by atoms with Gasteiger partial charge in [0.05, 0.1) is 18.8 Å². The van der Waals surface area contributed by atoms with E-state index < -0.39 is 5.63 Å². The first-order valence-corrected chi connectivity index (χ1v) is 11.8. The Morgan fingerprint density at radius 1 is 1.08 bits per heavy atom. The van der Waals surface area contributed by atoms with Crippen molar-refractivity contribution in [2.24, 2.45) is 0 Å². The number of likely N-dealkylation sites (tertiary alicyclic amines) is 1. The maximum Gasteiger partial charge on any atom is 0.349 e. The van der Waals surface area contributed by atoms with E-state index in [1.54, 1.807) is 34.0 Å². The molecule has 36 heavy (non-hydrogen) atoms. The fourth-order valence-electron chi connectivity index (χ4n) is 4.71. The molecule has 1 saturated heterocycles. The molecule has 4 heterocycles. The standard InChI is InChI=1S/C27H23N5O4/c33-26(22-14-19-6-1-2-10-23(19)36-27(22)34)32-13-5-9-21(32)16-31-15-20(29-30-31)17-35-24-11-3-7-18-8-4-12-28-25(18)24/h1-4,6-8,10-12,14-15,21H,5,9,13,16-17H2/t21-/m0/s1. The average molecular weight is 482 g/mol. The zero-order chi connectivity index (χ0) is 24.5. The molecule has 5 aromatic rings. The van der Waals surface area contributed by atoms with E-state index in [9.17, 15) is 9.59 Å². The second-order valence-corrected chi connectivity index (χ2v) is 8.83. The van der Waals surface area contributed by atoms with Crippen molar-refractivity contribution in [3.8, 4) is 5.75 Å². The van der Waals surface area contributed by atoms with Crippen molar-refractivity contribution in [2.45, 2.75) is 32.0 Å². The highest BCUT2D eigenvalue weighted by molar-refractivity contribution is 5.97. The predicted octanol–water partition coefficient (Wildman–Crippen LogP) is 3.82. The van der Waals surface area contributed by atoms with Crippen LogP contribution in [-0.2, 0) is 13.2 Å². The monoisotopic (exact) mass is 481 g/mol. The van der Waals surface area contributed by atoms with E-state index in [4.69, 9.17) is 9.15 Å². The minimum Gasteiger partial charge on any atom is -0.485 e. The van der Waals surface area contributed by atoms with Gasteiger partial charge in [-0.1, -0.05) is 41.6 Å². The van der Waals surface area contributed by atoms with Crippen LogP contribution in [0.2, 0.25) is 0 Å². The third kappa shape index (κ3) is 4.19. The van der Waals surface area contributed by atoms with Gasteiger partial charge in [-0.2, -0.15) is 0 Å². The van der Waals surface area contributed by atoms with Gasteiger partial charge < -0.3 is 14.1 Å². The summed E-state index contributed by atoms with van der Waals surface area (Å²) in [5.74, 6) is 0.369. The second kappa shape index (κ2) is 9.26. The van der Waals surface area contributed by atoms with Crippen LogP contribution >= 0.6 is 0 Å². The van der Waals surface area contributed by atoms with Crippen LogP contribution < -0.4 is 10.4 Å². The Labute approximate surface area is 205 Å². The largest absolute Gasteiger partial charge is 0.485 e. The van der Waals surface area contributed by atoms with E-state index in [-0.39, 0.29) is 24.1 Å². The molecule has 0 spiro atoms. The number of carbonyl (C=O) groups excluding carboxylic acids is 1. The number of hydrogen-bond donors (Lipinski definition) is 0. The summed E-state index contributed by atoms with van der Waals surface area (Å²) in [5.41, 5.74) is 1.37. The summed E-state index contributed by atoms with van der Waals surface area (Å²) in [6.07, 6.45) is 5.23. The minimum absolute atomic E-state index is 0.0528. The van der Waals surface area contributed by atoms with Gasteiger partial charge in [0.15, 0.2) is 0 Å². The third-order valence-electron chi connectivity index (χ3n) is 6.46. The lowest BCUT2D eigenvalue weighted by Gasteiger charge is -2.24. The molecule has 2 aromatic carbocycles. The number of rotatable bonds is 6. The molecule has 0 aliphatic carbocycles. The Morgan fingerprint density at radius 2 is 1.94 bits per heavy atom. The number of fused-ring (bicyclic) bond motifs is 2. The van der Waals surface area contributed by atoms with Gasteiger partial charge in [-0.3, -0.25) is 14.5 Å². The van der Waals surface area contributed by atoms with Gasteiger partial charge >= 0.3 is 5.63 Å². The molecule has 0 radical (unpaired) electrons. The molecule has 1 aliphatic rings. The average Bonchev–Trinajstić information content (AvgIpc) is 3.56. The maximum atomic E-state index is 13.3. The van der Waals surface area contributed by atoms with Gasteiger partial charge in [0, 0.05) is 23.5 Å². The van der Waals surface area contributed by atoms with Crippen LogP contribution in [0.25, 0.3) is 21.9 Å². The molecule has 6 rings (SSSR count). The van der Waals surface area contributed by atoms with E-state index in [1.165, 1.54) is 0 Å². The SMILES string of the molecule is O=C(c1cc2ccccc2oc1=O)N1CCC[C@H]1Cn1cc(COc2cccc3cccnc23)nn1.